The Morgan fingerprint density at radius 1 is 1.20 bits per heavy atom. The summed E-state index contributed by atoms with van der Waals surface area (Å²) in [6.45, 7) is 0. The molecule has 2 aromatic rings. The summed E-state index contributed by atoms with van der Waals surface area (Å²) in [5.74, 6) is 1.44. The van der Waals surface area contributed by atoms with Gasteiger partial charge in [-0.1, -0.05) is 24.3 Å². The van der Waals surface area contributed by atoms with Crippen molar-refractivity contribution in [3.05, 3.63) is 48.2 Å². The summed E-state index contributed by atoms with van der Waals surface area (Å²) in [5, 5.41) is 8.67. The maximum atomic E-state index is 10.5. The number of thioether (sulfide) groups is 1. The van der Waals surface area contributed by atoms with E-state index in [1.165, 1.54) is 18.4 Å². The lowest BCUT2D eigenvalue weighted by Gasteiger charge is -2.15. The first-order valence-corrected chi connectivity index (χ1v) is 9.88. The van der Waals surface area contributed by atoms with Crippen LogP contribution in [0.15, 0.2) is 42.6 Å². The third-order valence-electron chi connectivity index (χ3n) is 4.35. The highest BCUT2D eigenvalue weighted by molar-refractivity contribution is 7.98. The predicted octanol–water partition coefficient (Wildman–Crippen LogP) is 4.78. The Bertz CT molecular complexity index is 696. The Morgan fingerprint density at radius 2 is 1.96 bits per heavy atom. The van der Waals surface area contributed by atoms with Crippen LogP contribution >= 0.6 is 11.8 Å². The molecule has 0 unspecified atom stereocenters. The maximum Gasteiger partial charge on any atom is 0.304 e. The first-order chi connectivity index (χ1) is 12.2. The van der Waals surface area contributed by atoms with Crippen LogP contribution in [-0.2, 0) is 10.5 Å². The fourth-order valence-corrected chi connectivity index (χ4v) is 3.89. The molecule has 1 heterocycles. The van der Waals surface area contributed by atoms with Crippen LogP contribution in [-0.4, -0.2) is 27.9 Å². The van der Waals surface area contributed by atoms with E-state index in [2.05, 4.69) is 29.2 Å². The molecule has 1 fully saturated rings. The molecule has 1 aromatic heterocycles. The van der Waals surface area contributed by atoms with Crippen molar-refractivity contribution < 1.29 is 14.6 Å². The minimum Gasteiger partial charge on any atom is -0.481 e. The van der Waals surface area contributed by atoms with E-state index >= 15 is 0 Å². The van der Waals surface area contributed by atoms with Gasteiger partial charge in [-0.25, -0.2) is 4.98 Å². The van der Waals surface area contributed by atoms with E-state index in [-0.39, 0.29) is 6.42 Å². The van der Waals surface area contributed by atoms with Crippen molar-refractivity contribution in [1.82, 2.24) is 4.98 Å². The number of rotatable bonds is 8. The predicted molar refractivity (Wildman–Crippen MR) is 101 cm³/mol. The zero-order chi connectivity index (χ0) is 17.5. The number of pyridine rings is 1. The first kappa shape index (κ1) is 17.8. The van der Waals surface area contributed by atoms with E-state index in [1.807, 2.05) is 12.1 Å². The van der Waals surface area contributed by atoms with Crippen molar-refractivity contribution in [3.8, 4) is 17.0 Å². The molecule has 5 heteroatoms. The highest BCUT2D eigenvalue weighted by atomic mass is 32.2. The zero-order valence-corrected chi connectivity index (χ0v) is 15.0. The Balaban J connectivity index is 1.64. The monoisotopic (exact) mass is 357 g/mol. The number of hydrogen-bond donors (Lipinski definition) is 1. The molecule has 1 saturated carbocycles. The van der Waals surface area contributed by atoms with Gasteiger partial charge in [-0.05, 0) is 48.9 Å². The topological polar surface area (TPSA) is 59.4 Å². The summed E-state index contributed by atoms with van der Waals surface area (Å²) in [5.41, 5.74) is 3.32. The molecule has 0 amide bonds. The van der Waals surface area contributed by atoms with E-state index in [9.17, 15) is 4.79 Å². The van der Waals surface area contributed by atoms with E-state index < -0.39 is 5.97 Å². The molecule has 0 spiro atoms. The second-order valence-corrected chi connectivity index (χ2v) is 7.38. The Labute approximate surface area is 152 Å². The first-order valence-electron chi connectivity index (χ1n) is 8.73. The Kier molecular flexibility index (Phi) is 6.34. The molecule has 1 aromatic carbocycles. The number of nitrogens with zero attached hydrogens (tertiary/aromatic N) is 1. The van der Waals surface area contributed by atoms with Crippen molar-refractivity contribution in [1.29, 1.82) is 0 Å². The third kappa shape index (κ3) is 5.23. The van der Waals surface area contributed by atoms with Crippen LogP contribution in [0.25, 0.3) is 11.1 Å². The fourth-order valence-electron chi connectivity index (χ4n) is 3.00. The van der Waals surface area contributed by atoms with E-state index in [4.69, 9.17) is 9.84 Å². The van der Waals surface area contributed by atoms with Crippen LogP contribution in [0.3, 0.4) is 0 Å². The van der Waals surface area contributed by atoms with Crippen LogP contribution in [0, 0.1) is 0 Å². The minimum absolute atomic E-state index is 0.209. The number of ether oxygens (including phenoxy) is 1. The summed E-state index contributed by atoms with van der Waals surface area (Å²) in [7, 11) is 0. The minimum atomic E-state index is -0.741. The molecule has 0 radical (unpaired) electrons. The summed E-state index contributed by atoms with van der Waals surface area (Å²) in [4.78, 5) is 15.0. The number of aliphatic carboxylic acids is 1. The molecule has 1 N–H and O–H groups in total. The standard InChI is InChI=1S/C20H23NO3S/c22-19(23)11-13-25-14-15-7-9-16(10-8-15)18-6-3-12-21-20(18)24-17-4-1-2-5-17/h3,6-10,12,17H,1-2,4-5,11,13-14H2,(H,22,23). The second kappa shape index (κ2) is 8.90. The van der Waals surface area contributed by atoms with Gasteiger partial charge in [0.25, 0.3) is 0 Å². The summed E-state index contributed by atoms with van der Waals surface area (Å²) >= 11 is 1.64. The number of aromatic nitrogens is 1. The number of carbonyl (C=O) groups is 1. The summed E-state index contributed by atoms with van der Waals surface area (Å²) in [6.07, 6.45) is 6.98. The van der Waals surface area contributed by atoms with Gasteiger partial charge < -0.3 is 9.84 Å². The largest absolute Gasteiger partial charge is 0.481 e. The lowest BCUT2D eigenvalue weighted by atomic mass is 10.1. The number of hydrogen-bond acceptors (Lipinski definition) is 4. The molecule has 25 heavy (non-hydrogen) atoms. The van der Waals surface area contributed by atoms with Gasteiger partial charge in [0.2, 0.25) is 5.88 Å². The van der Waals surface area contributed by atoms with Gasteiger partial charge in [0.05, 0.1) is 6.42 Å². The molecule has 0 bridgehead atoms. The van der Waals surface area contributed by atoms with Crippen LogP contribution in [0.4, 0.5) is 0 Å². The van der Waals surface area contributed by atoms with Crippen LogP contribution in [0.2, 0.25) is 0 Å². The van der Waals surface area contributed by atoms with E-state index in [0.29, 0.717) is 11.9 Å². The van der Waals surface area contributed by atoms with Crippen LogP contribution < -0.4 is 4.74 Å². The van der Waals surface area contributed by atoms with Gasteiger partial charge in [0, 0.05) is 23.3 Å². The Hall–Kier alpha value is -2.01. The van der Waals surface area contributed by atoms with Crippen LogP contribution in [0.1, 0.15) is 37.7 Å². The molecule has 0 saturated heterocycles. The highest BCUT2D eigenvalue weighted by Crippen LogP contribution is 2.31. The van der Waals surface area contributed by atoms with Crippen molar-refractivity contribution >= 4 is 17.7 Å². The average molecular weight is 357 g/mol. The van der Waals surface area contributed by atoms with Gasteiger partial charge >= 0.3 is 5.97 Å². The zero-order valence-electron chi connectivity index (χ0n) is 14.2. The fraction of sp³-hybridized carbons (Fsp3) is 0.400. The van der Waals surface area contributed by atoms with Crippen LogP contribution in [0.5, 0.6) is 5.88 Å². The lowest BCUT2D eigenvalue weighted by molar-refractivity contribution is -0.136. The van der Waals surface area contributed by atoms with E-state index in [0.717, 1.165) is 35.6 Å². The van der Waals surface area contributed by atoms with Crippen molar-refractivity contribution in [2.75, 3.05) is 5.75 Å². The van der Waals surface area contributed by atoms with Crippen molar-refractivity contribution in [2.24, 2.45) is 0 Å². The molecule has 4 nitrogen and oxygen atoms in total. The van der Waals surface area contributed by atoms with Gasteiger partial charge in [-0.3, -0.25) is 4.79 Å². The smallest absolute Gasteiger partial charge is 0.304 e. The number of benzene rings is 1. The Morgan fingerprint density at radius 3 is 2.68 bits per heavy atom. The molecular formula is C20H23NO3S. The molecule has 0 atom stereocenters. The van der Waals surface area contributed by atoms with Gasteiger partial charge in [0.1, 0.15) is 6.10 Å². The molecule has 1 aliphatic rings. The normalized spacial score (nSPS) is 14.6. The SMILES string of the molecule is O=C(O)CCSCc1ccc(-c2cccnc2OC2CCCC2)cc1. The van der Waals surface area contributed by atoms with Gasteiger partial charge in [-0.15, -0.1) is 0 Å². The van der Waals surface area contributed by atoms with Gasteiger partial charge in [0.15, 0.2) is 0 Å². The number of carboxylic acids is 1. The second-order valence-electron chi connectivity index (χ2n) is 6.27. The molecular weight excluding hydrogens is 334 g/mol. The molecule has 1 aliphatic carbocycles. The maximum absolute atomic E-state index is 10.5. The third-order valence-corrected chi connectivity index (χ3v) is 5.38. The summed E-state index contributed by atoms with van der Waals surface area (Å²) < 4.78 is 6.12. The lowest BCUT2D eigenvalue weighted by Crippen LogP contribution is -2.12. The number of carboxylic acid groups (broad SMARTS) is 1. The highest BCUT2D eigenvalue weighted by Gasteiger charge is 2.19. The van der Waals surface area contributed by atoms with Gasteiger partial charge in [-0.2, -0.15) is 11.8 Å². The molecule has 0 aliphatic heterocycles. The average Bonchev–Trinajstić information content (AvgIpc) is 3.13. The molecule has 132 valence electrons. The quantitative estimate of drug-likeness (QED) is 0.689. The van der Waals surface area contributed by atoms with Crippen molar-refractivity contribution in [2.45, 2.75) is 44.0 Å². The van der Waals surface area contributed by atoms with E-state index in [1.54, 1.807) is 18.0 Å². The summed E-state index contributed by atoms with van der Waals surface area (Å²) in [6, 6.07) is 12.3. The van der Waals surface area contributed by atoms with Crippen molar-refractivity contribution in [3.63, 3.8) is 0 Å². The molecule has 3 rings (SSSR count).